The molecule has 0 radical (unpaired) electrons. The predicted molar refractivity (Wildman–Crippen MR) is 91.7 cm³/mol. The van der Waals surface area contributed by atoms with Gasteiger partial charge in [0.05, 0.1) is 5.56 Å². The summed E-state index contributed by atoms with van der Waals surface area (Å²) >= 11 is 0. The zero-order valence-corrected chi connectivity index (χ0v) is 13.7. The van der Waals surface area contributed by atoms with E-state index in [1.54, 1.807) is 24.3 Å². The van der Waals surface area contributed by atoms with E-state index in [4.69, 9.17) is 0 Å². The van der Waals surface area contributed by atoms with Gasteiger partial charge >= 0.3 is 0 Å². The van der Waals surface area contributed by atoms with Crippen LogP contribution in [0.25, 0.3) is 0 Å². The minimum absolute atomic E-state index is 0.115. The third-order valence-corrected chi connectivity index (χ3v) is 4.29. The molecule has 124 valence electrons. The van der Waals surface area contributed by atoms with Gasteiger partial charge in [0.1, 0.15) is 5.75 Å². The van der Waals surface area contributed by atoms with Crippen molar-refractivity contribution in [2.24, 2.45) is 5.10 Å². The Hall–Kier alpha value is -2.66. The summed E-state index contributed by atoms with van der Waals surface area (Å²) in [5, 5.41) is 26.6. The molecule has 0 bridgehead atoms. The Labute approximate surface area is 140 Å². The predicted octanol–water partition coefficient (Wildman–Crippen LogP) is 3.16. The molecule has 2 aromatic carbocycles. The molecule has 3 rings (SSSR count). The molecule has 1 aliphatic heterocycles. The molecule has 0 saturated carbocycles. The van der Waals surface area contributed by atoms with Gasteiger partial charge in [-0.2, -0.15) is 10.1 Å². The lowest BCUT2D eigenvalue weighted by atomic mass is 9.95. The molecule has 0 saturated heterocycles. The molecule has 24 heavy (non-hydrogen) atoms. The first-order chi connectivity index (χ1) is 11.5. The first kappa shape index (κ1) is 16.2. The molecule has 0 aliphatic carbocycles. The van der Waals surface area contributed by atoms with Crippen LogP contribution in [0.15, 0.2) is 53.6 Å². The highest BCUT2D eigenvalue weighted by atomic mass is 16.3. The van der Waals surface area contributed by atoms with Crippen LogP contribution in [0.5, 0.6) is 5.75 Å². The van der Waals surface area contributed by atoms with E-state index in [1.165, 1.54) is 12.1 Å². The number of aromatic hydroxyl groups is 1. The second-order valence-electron chi connectivity index (χ2n) is 6.01. The summed E-state index contributed by atoms with van der Waals surface area (Å²) in [5.74, 6) is -0.659. The maximum absolute atomic E-state index is 12.9. The lowest BCUT2D eigenvalue weighted by Gasteiger charge is -2.31. The van der Waals surface area contributed by atoms with Crippen molar-refractivity contribution in [1.82, 2.24) is 5.01 Å². The molecule has 1 heterocycles. The first-order valence-electron chi connectivity index (χ1n) is 7.94. The van der Waals surface area contributed by atoms with Crippen LogP contribution in [-0.4, -0.2) is 26.8 Å². The molecule has 2 aromatic rings. The van der Waals surface area contributed by atoms with Crippen molar-refractivity contribution in [3.63, 3.8) is 0 Å². The fourth-order valence-corrected chi connectivity index (χ4v) is 2.84. The van der Waals surface area contributed by atoms with Gasteiger partial charge in [0, 0.05) is 17.7 Å². The summed E-state index contributed by atoms with van der Waals surface area (Å²) in [5.41, 5.74) is 0.976. The topological polar surface area (TPSA) is 73.1 Å². The van der Waals surface area contributed by atoms with E-state index < -0.39 is 11.6 Å². The fraction of sp³-hybridized carbons (Fsp3) is 0.263. The van der Waals surface area contributed by atoms with Crippen LogP contribution < -0.4 is 0 Å². The molecule has 0 fully saturated rings. The average molecular weight is 324 g/mol. The van der Waals surface area contributed by atoms with Gasteiger partial charge in [0.15, 0.2) is 5.72 Å². The van der Waals surface area contributed by atoms with E-state index in [0.29, 0.717) is 12.0 Å². The van der Waals surface area contributed by atoms with Crippen LogP contribution in [0.2, 0.25) is 0 Å². The number of phenolic OH excluding ortho intramolecular Hbond substituents is 1. The number of phenols is 1. The van der Waals surface area contributed by atoms with E-state index in [9.17, 15) is 15.0 Å². The highest BCUT2D eigenvalue weighted by Crippen LogP contribution is 2.38. The van der Waals surface area contributed by atoms with Crippen molar-refractivity contribution in [3.8, 4) is 5.75 Å². The zero-order chi connectivity index (χ0) is 17.3. The summed E-state index contributed by atoms with van der Waals surface area (Å²) in [6, 6.07) is 13.6. The minimum atomic E-state index is -1.54. The van der Waals surface area contributed by atoms with Crippen LogP contribution >= 0.6 is 0 Å². The molecule has 0 unspecified atom stereocenters. The molecule has 0 aromatic heterocycles. The average Bonchev–Trinajstić information content (AvgIpc) is 2.93. The number of para-hydroxylation sites is 1. The second-order valence-corrected chi connectivity index (χ2v) is 6.01. The molecular weight excluding hydrogens is 304 g/mol. The number of rotatable bonds is 3. The SMILES string of the molecule is CCC1=NN(C(=O)c2ccccc2O)[C@@](O)(c2ccc(C)cc2)C1. The number of nitrogens with zero attached hydrogens (tertiary/aromatic N) is 2. The molecular formula is C19H20N2O3. The third kappa shape index (κ3) is 2.67. The number of aryl methyl sites for hydroxylation is 1. The normalized spacial score (nSPS) is 20.1. The zero-order valence-electron chi connectivity index (χ0n) is 13.7. The maximum atomic E-state index is 12.9. The fourth-order valence-electron chi connectivity index (χ4n) is 2.84. The van der Waals surface area contributed by atoms with Crippen molar-refractivity contribution < 1.29 is 15.0 Å². The summed E-state index contributed by atoms with van der Waals surface area (Å²) in [7, 11) is 0. The van der Waals surface area contributed by atoms with Gasteiger partial charge in [0.2, 0.25) is 0 Å². The van der Waals surface area contributed by atoms with Gasteiger partial charge in [0.25, 0.3) is 5.91 Å². The number of amides is 1. The largest absolute Gasteiger partial charge is 0.507 e. The van der Waals surface area contributed by atoms with E-state index in [1.807, 2.05) is 26.0 Å². The molecule has 1 atom stereocenters. The third-order valence-electron chi connectivity index (χ3n) is 4.29. The molecule has 0 spiro atoms. The van der Waals surface area contributed by atoms with Gasteiger partial charge in [-0.15, -0.1) is 0 Å². The molecule has 2 N–H and O–H groups in total. The Morgan fingerprint density at radius 3 is 2.50 bits per heavy atom. The number of aliphatic hydroxyl groups is 1. The van der Waals surface area contributed by atoms with E-state index >= 15 is 0 Å². The lowest BCUT2D eigenvalue weighted by molar-refractivity contribution is -0.0766. The van der Waals surface area contributed by atoms with Crippen LogP contribution in [0.1, 0.15) is 41.3 Å². The molecule has 1 aliphatic rings. The smallest absolute Gasteiger partial charge is 0.280 e. The molecule has 5 heteroatoms. The number of hydrogen-bond acceptors (Lipinski definition) is 4. The van der Waals surface area contributed by atoms with Crippen LogP contribution in [-0.2, 0) is 5.72 Å². The van der Waals surface area contributed by atoms with Crippen molar-refractivity contribution >= 4 is 11.6 Å². The minimum Gasteiger partial charge on any atom is -0.507 e. The Bertz CT molecular complexity index is 799. The van der Waals surface area contributed by atoms with E-state index in [-0.39, 0.29) is 17.7 Å². The summed E-state index contributed by atoms with van der Waals surface area (Å²) in [6.45, 7) is 3.89. The second kappa shape index (κ2) is 6.09. The summed E-state index contributed by atoms with van der Waals surface area (Å²) in [4.78, 5) is 12.9. The maximum Gasteiger partial charge on any atom is 0.280 e. The Balaban J connectivity index is 2.05. The lowest BCUT2D eigenvalue weighted by Crippen LogP contribution is -2.43. The summed E-state index contributed by atoms with van der Waals surface area (Å²) in [6.07, 6.45) is 0.893. The standard InChI is InChI=1S/C19H20N2O3/c1-3-15-12-19(24,14-10-8-13(2)9-11-14)21(20-15)18(23)16-6-4-5-7-17(16)22/h4-11,22,24H,3,12H2,1-2H3/t19-/m0/s1. The van der Waals surface area contributed by atoms with E-state index in [2.05, 4.69) is 5.10 Å². The van der Waals surface area contributed by atoms with Crippen molar-refractivity contribution in [3.05, 3.63) is 65.2 Å². The number of hydrogen-bond donors (Lipinski definition) is 2. The van der Waals surface area contributed by atoms with Gasteiger partial charge in [-0.25, -0.2) is 0 Å². The Kier molecular flexibility index (Phi) is 4.11. The number of benzene rings is 2. The Morgan fingerprint density at radius 2 is 1.88 bits per heavy atom. The van der Waals surface area contributed by atoms with E-state index in [0.717, 1.165) is 16.3 Å². The summed E-state index contributed by atoms with van der Waals surface area (Å²) < 4.78 is 0. The number of carbonyl (C=O) groups excluding carboxylic acids is 1. The highest BCUT2D eigenvalue weighted by molar-refractivity contribution is 6.00. The van der Waals surface area contributed by atoms with Crippen LogP contribution in [0, 0.1) is 6.92 Å². The number of hydrazone groups is 1. The molecule has 5 nitrogen and oxygen atoms in total. The monoisotopic (exact) mass is 324 g/mol. The van der Waals surface area contributed by atoms with Gasteiger partial charge in [-0.3, -0.25) is 4.79 Å². The first-order valence-corrected chi connectivity index (χ1v) is 7.94. The van der Waals surface area contributed by atoms with Crippen molar-refractivity contribution in [1.29, 1.82) is 0 Å². The van der Waals surface area contributed by atoms with Gasteiger partial charge in [-0.05, 0) is 25.5 Å². The quantitative estimate of drug-likeness (QED) is 0.911. The highest BCUT2D eigenvalue weighted by Gasteiger charge is 2.46. The van der Waals surface area contributed by atoms with Crippen LogP contribution in [0.3, 0.4) is 0 Å². The van der Waals surface area contributed by atoms with Gasteiger partial charge in [-0.1, -0.05) is 48.9 Å². The van der Waals surface area contributed by atoms with Crippen LogP contribution in [0.4, 0.5) is 0 Å². The van der Waals surface area contributed by atoms with Crippen molar-refractivity contribution in [2.75, 3.05) is 0 Å². The van der Waals surface area contributed by atoms with Crippen molar-refractivity contribution in [2.45, 2.75) is 32.4 Å². The Morgan fingerprint density at radius 1 is 1.21 bits per heavy atom. The number of carbonyl (C=O) groups is 1. The van der Waals surface area contributed by atoms with Gasteiger partial charge < -0.3 is 10.2 Å². The molecule has 1 amide bonds.